The molecule has 0 aliphatic rings. The van der Waals surface area contributed by atoms with Crippen molar-refractivity contribution in [2.45, 2.75) is 24.3 Å². The highest BCUT2D eigenvalue weighted by Gasteiger charge is 2.23. The molecule has 0 bridgehead atoms. The summed E-state index contributed by atoms with van der Waals surface area (Å²) in [7, 11) is 0. The van der Waals surface area contributed by atoms with Crippen LogP contribution in [0.15, 0.2) is 52.2 Å². The van der Waals surface area contributed by atoms with Gasteiger partial charge in [0.25, 0.3) is 0 Å². The molecule has 0 radical (unpaired) electrons. The van der Waals surface area contributed by atoms with E-state index in [1.165, 1.54) is 11.8 Å². The van der Waals surface area contributed by atoms with E-state index >= 15 is 0 Å². The first-order valence-electron chi connectivity index (χ1n) is 7.79. The van der Waals surface area contributed by atoms with Gasteiger partial charge in [-0.3, -0.25) is 14.7 Å². The Morgan fingerprint density at radius 3 is 2.58 bits per heavy atom. The van der Waals surface area contributed by atoms with Gasteiger partial charge < -0.3 is 10.2 Å². The van der Waals surface area contributed by atoms with Crippen LogP contribution in [0, 0.1) is 6.92 Å². The average molecular weight is 371 g/mol. The fraction of sp³-hybridized carbons (Fsp3) is 0.176. The van der Waals surface area contributed by atoms with Crippen molar-refractivity contribution in [2.75, 3.05) is 0 Å². The van der Waals surface area contributed by atoms with Crippen molar-refractivity contribution in [3.05, 3.63) is 48.4 Å². The maximum atomic E-state index is 12.0. The van der Waals surface area contributed by atoms with Gasteiger partial charge in [0, 0.05) is 5.69 Å². The van der Waals surface area contributed by atoms with Crippen molar-refractivity contribution in [1.82, 2.24) is 20.1 Å². The number of aromatic nitrogens is 3. The summed E-state index contributed by atoms with van der Waals surface area (Å²) in [5.41, 5.74) is 6.66. The van der Waals surface area contributed by atoms with Crippen LogP contribution in [-0.2, 0) is 4.79 Å². The van der Waals surface area contributed by atoms with Crippen molar-refractivity contribution in [1.29, 1.82) is 0 Å². The predicted octanol–water partition coefficient (Wildman–Crippen LogP) is 2.51. The Labute approximate surface area is 153 Å². The maximum absolute atomic E-state index is 12.0. The highest BCUT2D eigenvalue weighted by atomic mass is 32.2. The molecule has 26 heavy (non-hydrogen) atoms. The fourth-order valence-electron chi connectivity index (χ4n) is 2.38. The molecule has 0 saturated heterocycles. The normalized spacial score (nSPS) is 11.9. The number of imide groups is 1. The van der Waals surface area contributed by atoms with Crippen LogP contribution in [0.2, 0.25) is 0 Å². The van der Waals surface area contributed by atoms with Crippen LogP contribution in [0.25, 0.3) is 17.1 Å². The SMILES string of the molecule is Cc1occc1-c1nnc(SC(C)C(=O)NC(N)=O)n1-c1ccccc1. The van der Waals surface area contributed by atoms with Gasteiger partial charge in [0.2, 0.25) is 5.91 Å². The molecule has 2 heterocycles. The van der Waals surface area contributed by atoms with E-state index in [9.17, 15) is 9.59 Å². The summed E-state index contributed by atoms with van der Waals surface area (Å²) in [5.74, 6) is 0.823. The highest BCUT2D eigenvalue weighted by molar-refractivity contribution is 8.00. The van der Waals surface area contributed by atoms with Gasteiger partial charge in [-0.05, 0) is 32.0 Å². The van der Waals surface area contributed by atoms with Gasteiger partial charge >= 0.3 is 6.03 Å². The van der Waals surface area contributed by atoms with Gasteiger partial charge in [-0.1, -0.05) is 30.0 Å². The molecule has 0 aliphatic carbocycles. The Morgan fingerprint density at radius 2 is 1.96 bits per heavy atom. The lowest BCUT2D eigenvalue weighted by Crippen LogP contribution is -2.39. The number of nitrogens with zero attached hydrogens (tertiary/aromatic N) is 3. The number of nitrogens with one attached hydrogen (secondary N) is 1. The Balaban J connectivity index is 2.01. The highest BCUT2D eigenvalue weighted by Crippen LogP contribution is 2.31. The minimum absolute atomic E-state index is 0.494. The van der Waals surface area contributed by atoms with Crippen LogP contribution < -0.4 is 11.1 Å². The van der Waals surface area contributed by atoms with Crippen LogP contribution in [-0.4, -0.2) is 32.0 Å². The van der Waals surface area contributed by atoms with Gasteiger partial charge in [-0.2, -0.15) is 0 Å². The number of amides is 3. The number of furan rings is 1. The summed E-state index contributed by atoms with van der Waals surface area (Å²) >= 11 is 1.18. The van der Waals surface area contributed by atoms with Gasteiger partial charge in [-0.25, -0.2) is 4.79 Å². The van der Waals surface area contributed by atoms with Crippen LogP contribution in [0.5, 0.6) is 0 Å². The Kier molecular flexibility index (Phi) is 5.08. The van der Waals surface area contributed by atoms with Gasteiger partial charge in [-0.15, -0.1) is 10.2 Å². The monoisotopic (exact) mass is 371 g/mol. The zero-order valence-corrected chi connectivity index (χ0v) is 15.0. The number of primary amides is 1. The molecule has 3 N–H and O–H groups in total. The molecule has 0 saturated carbocycles. The summed E-state index contributed by atoms with van der Waals surface area (Å²) in [6, 6.07) is 10.5. The molecule has 3 aromatic rings. The van der Waals surface area contributed by atoms with Crippen molar-refractivity contribution in [3.8, 4) is 17.1 Å². The molecule has 0 fully saturated rings. The molecule has 3 rings (SSSR count). The van der Waals surface area contributed by atoms with Crippen LogP contribution in [0.4, 0.5) is 4.79 Å². The lowest BCUT2D eigenvalue weighted by Gasteiger charge is -2.12. The quantitative estimate of drug-likeness (QED) is 0.666. The third-order valence-electron chi connectivity index (χ3n) is 3.65. The molecule has 1 atom stereocenters. The predicted molar refractivity (Wildman–Crippen MR) is 96.8 cm³/mol. The lowest BCUT2D eigenvalue weighted by atomic mass is 10.2. The Hall–Kier alpha value is -3.07. The summed E-state index contributed by atoms with van der Waals surface area (Å²) in [4.78, 5) is 22.9. The Morgan fingerprint density at radius 1 is 1.23 bits per heavy atom. The molecular weight excluding hydrogens is 354 g/mol. The standard InChI is InChI=1S/C17H17N5O3S/c1-10-13(8-9-25-10)14-20-21-17(22(14)12-6-4-3-5-7-12)26-11(2)15(23)19-16(18)24/h3-9,11H,1-2H3,(H3,18,19,23,24). The zero-order chi connectivity index (χ0) is 18.7. The summed E-state index contributed by atoms with van der Waals surface area (Å²) in [5, 5.41) is 10.5. The van der Waals surface area contributed by atoms with E-state index < -0.39 is 17.2 Å². The number of aryl methyl sites for hydroxylation is 1. The molecule has 2 aromatic heterocycles. The number of hydrogen-bond donors (Lipinski definition) is 2. The van der Waals surface area contributed by atoms with Crippen molar-refractivity contribution < 1.29 is 14.0 Å². The molecule has 3 amide bonds. The van der Waals surface area contributed by atoms with E-state index in [0.29, 0.717) is 16.7 Å². The van der Waals surface area contributed by atoms with E-state index in [1.54, 1.807) is 13.2 Å². The minimum atomic E-state index is -0.887. The van der Waals surface area contributed by atoms with E-state index in [4.69, 9.17) is 10.2 Å². The fourth-order valence-corrected chi connectivity index (χ4v) is 3.25. The second-order valence-corrected chi connectivity index (χ2v) is 6.79. The van der Waals surface area contributed by atoms with E-state index in [-0.39, 0.29) is 0 Å². The molecule has 1 aromatic carbocycles. The molecule has 0 aliphatic heterocycles. The van der Waals surface area contributed by atoms with Gasteiger partial charge in [0.1, 0.15) is 5.76 Å². The first-order valence-corrected chi connectivity index (χ1v) is 8.67. The molecule has 0 spiro atoms. The topological polar surface area (TPSA) is 116 Å². The molecular formula is C17H17N5O3S. The largest absolute Gasteiger partial charge is 0.469 e. The van der Waals surface area contributed by atoms with Crippen molar-refractivity contribution in [3.63, 3.8) is 0 Å². The molecule has 134 valence electrons. The number of benzene rings is 1. The average Bonchev–Trinajstić information content (AvgIpc) is 3.20. The van der Waals surface area contributed by atoms with Crippen LogP contribution >= 0.6 is 11.8 Å². The Bertz CT molecular complexity index is 935. The molecule has 9 heteroatoms. The number of carbonyl (C=O) groups excluding carboxylic acids is 2. The van der Waals surface area contributed by atoms with Gasteiger partial charge in [0.05, 0.1) is 17.1 Å². The second-order valence-electron chi connectivity index (χ2n) is 5.48. The number of hydrogen-bond acceptors (Lipinski definition) is 6. The third kappa shape index (κ3) is 3.62. The number of thioether (sulfide) groups is 1. The summed E-state index contributed by atoms with van der Waals surface area (Å²) in [6.45, 7) is 3.50. The second kappa shape index (κ2) is 7.44. The third-order valence-corrected chi connectivity index (χ3v) is 4.69. The van der Waals surface area contributed by atoms with E-state index in [0.717, 1.165) is 11.3 Å². The number of rotatable bonds is 5. The van der Waals surface area contributed by atoms with Gasteiger partial charge in [0.15, 0.2) is 11.0 Å². The molecule has 8 nitrogen and oxygen atoms in total. The number of para-hydroxylation sites is 1. The summed E-state index contributed by atoms with van der Waals surface area (Å²) in [6.07, 6.45) is 1.59. The van der Waals surface area contributed by atoms with Crippen LogP contribution in [0.3, 0.4) is 0 Å². The molecule has 1 unspecified atom stereocenters. The van der Waals surface area contributed by atoms with Crippen LogP contribution in [0.1, 0.15) is 12.7 Å². The number of carbonyl (C=O) groups is 2. The number of nitrogens with two attached hydrogens (primary N) is 1. The van der Waals surface area contributed by atoms with Crippen molar-refractivity contribution in [2.24, 2.45) is 5.73 Å². The van der Waals surface area contributed by atoms with E-state index in [2.05, 4.69) is 15.5 Å². The first kappa shape index (κ1) is 17.7. The maximum Gasteiger partial charge on any atom is 0.318 e. The minimum Gasteiger partial charge on any atom is -0.469 e. The van der Waals surface area contributed by atoms with E-state index in [1.807, 2.05) is 47.9 Å². The zero-order valence-electron chi connectivity index (χ0n) is 14.2. The smallest absolute Gasteiger partial charge is 0.318 e. The summed E-state index contributed by atoms with van der Waals surface area (Å²) < 4.78 is 7.22. The number of urea groups is 1. The lowest BCUT2D eigenvalue weighted by molar-refractivity contribution is -0.119. The first-order chi connectivity index (χ1) is 12.5. The van der Waals surface area contributed by atoms with Crippen molar-refractivity contribution >= 4 is 23.7 Å².